The third-order valence-corrected chi connectivity index (χ3v) is 3.09. The second kappa shape index (κ2) is 4.24. The summed E-state index contributed by atoms with van der Waals surface area (Å²) in [6.07, 6.45) is 3.63. The lowest BCUT2D eigenvalue weighted by Gasteiger charge is -2.04. The Balaban J connectivity index is 2.57. The number of nitrogens with zero attached hydrogens (tertiary/aromatic N) is 1. The topological polar surface area (TPSA) is 12.9 Å². The molecule has 1 heterocycles. The summed E-state index contributed by atoms with van der Waals surface area (Å²) in [5, 5.41) is 0. The Bertz CT molecular complexity index is 440. The Labute approximate surface area is 99.4 Å². The van der Waals surface area contributed by atoms with E-state index < -0.39 is 0 Å². The zero-order chi connectivity index (χ0) is 9.97. The molecular formula is C11H7Br2N. The van der Waals surface area contributed by atoms with E-state index in [1.165, 1.54) is 0 Å². The molecule has 0 saturated carbocycles. The minimum atomic E-state index is 1.07. The van der Waals surface area contributed by atoms with E-state index in [0.29, 0.717) is 0 Å². The number of pyridine rings is 1. The second-order valence-corrected chi connectivity index (χ2v) is 4.64. The van der Waals surface area contributed by atoms with Crippen molar-refractivity contribution >= 4 is 31.9 Å². The van der Waals surface area contributed by atoms with Gasteiger partial charge in [0.1, 0.15) is 0 Å². The van der Waals surface area contributed by atoms with Crippen LogP contribution in [-0.2, 0) is 0 Å². The van der Waals surface area contributed by atoms with Gasteiger partial charge in [-0.2, -0.15) is 0 Å². The molecule has 1 nitrogen and oxygen atoms in total. The molecule has 0 aliphatic heterocycles. The first-order chi connectivity index (χ1) is 6.77. The van der Waals surface area contributed by atoms with Crippen LogP contribution < -0.4 is 0 Å². The Kier molecular flexibility index (Phi) is 2.99. The highest BCUT2D eigenvalue weighted by atomic mass is 79.9. The van der Waals surface area contributed by atoms with Crippen LogP contribution in [0.15, 0.2) is 51.7 Å². The molecule has 14 heavy (non-hydrogen) atoms. The molecule has 70 valence electrons. The summed E-state index contributed by atoms with van der Waals surface area (Å²) < 4.78 is 2.15. The molecule has 3 heteroatoms. The average Bonchev–Trinajstić information content (AvgIpc) is 2.23. The summed E-state index contributed by atoms with van der Waals surface area (Å²) in [4.78, 5) is 4.10. The van der Waals surface area contributed by atoms with Crippen molar-refractivity contribution in [3.8, 4) is 11.1 Å². The molecule has 2 aromatic rings. The summed E-state index contributed by atoms with van der Waals surface area (Å²) in [7, 11) is 0. The highest BCUT2D eigenvalue weighted by Crippen LogP contribution is 2.30. The first-order valence-corrected chi connectivity index (χ1v) is 5.71. The van der Waals surface area contributed by atoms with Crippen molar-refractivity contribution in [3.63, 3.8) is 0 Å². The molecule has 0 spiro atoms. The van der Waals surface area contributed by atoms with E-state index in [1.807, 2.05) is 30.5 Å². The van der Waals surface area contributed by atoms with Gasteiger partial charge in [-0.3, -0.25) is 4.98 Å². The van der Waals surface area contributed by atoms with Crippen LogP contribution in [0.25, 0.3) is 11.1 Å². The second-order valence-electron chi connectivity index (χ2n) is 2.87. The predicted octanol–water partition coefficient (Wildman–Crippen LogP) is 4.27. The molecule has 0 aliphatic carbocycles. The molecule has 1 aromatic heterocycles. The zero-order valence-corrected chi connectivity index (χ0v) is 10.4. The van der Waals surface area contributed by atoms with Gasteiger partial charge in [-0.05, 0) is 29.8 Å². The van der Waals surface area contributed by atoms with Gasteiger partial charge >= 0.3 is 0 Å². The number of halogens is 2. The minimum Gasteiger partial charge on any atom is -0.264 e. The van der Waals surface area contributed by atoms with Crippen molar-refractivity contribution in [1.82, 2.24) is 4.98 Å². The van der Waals surface area contributed by atoms with E-state index >= 15 is 0 Å². The van der Waals surface area contributed by atoms with Gasteiger partial charge in [0.25, 0.3) is 0 Å². The van der Waals surface area contributed by atoms with Crippen LogP contribution in [0.5, 0.6) is 0 Å². The summed E-state index contributed by atoms with van der Waals surface area (Å²) in [6.45, 7) is 0. The first kappa shape index (κ1) is 9.87. The van der Waals surface area contributed by atoms with E-state index in [2.05, 4.69) is 42.9 Å². The van der Waals surface area contributed by atoms with Crippen molar-refractivity contribution in [3.05, 3.63) is 51.7 Å². The van der Waals surface area contributed by atoms with E-state index in [-0.39, 0.29) is 0 Å². The molecule has 1 aromatic carbocycles. The van der Waals surface area contributed by atoms with Gasteiger partial charge < -0.3 is 0 Å². The van der Waals surface area contributed by atoms with Crippen molar-refractivity contribution in [2.24, 2.45) is 0 Å². The lowest BCUT2D eigenvalue weighted by molar-refractivity contribution is 1.33. The van der Waals surface area contributed by atoms with Crippen LogP contribution in [0, 0.1) is 0 Å². The molecule has 2 rings (SSSR count). The zero-order valence-electron chi connectivity index (χ0n) is 7.24. The standard InChI is InChI=1S/C11H7Br2N/c12-9-3-4-11(13)10(6-9)8-2-1-5-14-7-8/h1-7H. The lowest BCUT2D eigenvalue weighted by atomic mass is 10.1. The average molecular weight is 313 g/mol. The molecule has 0 amide bonds. The summed E-state index contributed by atoms with van der Waals surface area (Å²) in [5.74, 6) is 0. The molecule has 0 atom stereocenters. The van der Waals surface area contributed by atoms with Crippen LogP contribution in [0.4, 0.5) is 0 Å². The van der Waals surface area contributed by atoms with E-state index in [0.717, 1.165) is 20.1 Å². The van der Waals surface area contributed by atoms with Crippen molar-refractivity contribution in [2.45, 2.75) is 0 Å². The quantitative estimate of drug-likeness (QED) is 0.766. The number of hydrogen-bond acceptors (Lipinski definition) is 1. The van der Waals surface area contributed by atoms with Crippen LogP contribution >= 0.6 is 31.9 Å². The van der Waals surface area contributed by atoms with Gasteiger partial charge in [0.2, 0.25) is 0 Å². The van der Waals surface area contributed by atoms with Crippen LogP contribution in [0.3, 0.4) is 0 Å². The fourth-order valence-corrected chi connectivity index (χ4v) is 2.08. The minimum absolute atomic E-state index is 1.07. The molecule has 0 bridgehead atoms. The monoisotopic (exact) mass is 311 g/mol. The normalized spacial score (nSPS) is 10.1. The number of benzene rings is 1. The maximum absolute atomic E-state index is 4.10. The summed E-state index contributed by atoms with van der Waals surface area (Å²) in [6, 6.07) is 10.1. The molecule has 0 radical (unpaired) electrons. The van der Waals surface area contributed by atoms with Gasteiger partial charge in [0.05, 0.1) is 0 Å². The smallest absolute Gasteiger partial charge is 0.0346 e. The van der Waals surface area contributed by atoms with Gasteiger partial charge in [-0.25, -0.2) is 0 Å². The molecule has 0 N–H and O–H groups in total. The summed E-state index contributed by atoms with van der Waals surface area (Å²) in [5.41, 5.74) is 2.26. The highest BCUT2D eigenvalue weighted by Gasteiger charge is 2.02. The summed E-state index contributed by atoms with van der Waals surface area (Å²) >= 11 is 6.97. The van der Waals surface area contributed by atoms with E-state index in [9.17, 15) is 0 Å². The number of hydrogen-bond donors (Lipinski definition) is 0. The van der Waals surface area contributed by atoms with Crippen LogP contribution in [0.1, 0.15) is 0 Å². The Morgan fingerprint density at radius 2 is 1.93 bits per heavy atom. The van der Waals surface area contributed by atoms with E-state index in [1.54, 1.807) is 6.20 Å². The van der Waals surface area contributed by atoms with Gasteiger partial charge in [-0.15, -0.1) is 0 Å². The van der Waals surface area contributed by atoms with Crippen molar-refractivity contribution in [2.75, 3.05) is 0 Å². The van der Waals surface area contributed by atoms with Crippen LogP contribution in [-0.4, -0.2) is 4.98 Å². The number of aromatic nitrogens is 1. The van der Waals surface area contributed by atoms with Gasteiger partial charge in [-0.1, -0.05) is 37.9 Å². The maximum atomic E-state index is 4.10. The SMILES string of the molecule is Brc1ccc(Br)c(-c2cccnc2)c1. The number of rotatable bonds is 1. The van der Waals surface area contributed by atoms with Crippen molar-refractivity contribution < 1.29 is 0 Å². The predicted molar refractivity (Wildman–Crippen MR) is 65.1 cm³/mol. The fourth-order valence-electron chi connectivity index (χ4n) is 1.24. The molecule has 0 aliphatic rings. The highest BCUT2D eigenvalue weighted by molar-refractivity contribution is 9.11. The molecule has 0 fully saturated rings. The third kappa shape index (κ3) is 2.04. The maximum Gasteiger partial charge on any atom is 0.0346 e. The van der Waals surface area contributed by atoms with Crippen LogP contribution in [0.2, 0.25) is 0 Å². The lowest BCUT2D eigenvalue weighted by Crippen LogP contribution is -1.81. The fraction of sp³-hybridized carbons (Fsp3) is 0. The molecular weight excluding hydrogens is 306 g/mol. The van der Waals surface area contributed by atoms with Gasteiger partial charge in [0, 0.05) is 26.9 Å². The third-order valence-electron chi connectivity index (χ3n) is 1.90. The Hall–Kier alpha value is -0.670. The first-order valence-electron chi connectivity index (χ1n) is 4.13. The molecule has 0 saturated heterocycles. The van der Waals surface area contributed by atoms with E-state index in [4.69, 9.17) is 0 Å². The van der Waals surface area contributed by atoms with Crippen molar-refractivity contribution in [1.29, 1.82) is 0 Å². The Morgan fingerprint density at radius 3 is 2.64 bits per heavy atom. The van der Waals surface area contributed by atoms with Gasteiger partial charge in [0.15, 0.2) is 0 Å². The molecule has 0 unspecified atom stereocenters. The Morgan fingerprint density at radius 1 is 1.07 bits per heavy atom. The largest absolute Gasteiger partial charge is 0.264 e.